The highest BCUT2D eigenvalue weighted by atomic mass is 79.9. The Labute approximate surface area is 95.6 Å². The van der Waals surface area contributed by atoms with Gasteiger partial charge in [-0.1, -0.05) is 24.2 Å². The van der Waals surface area contributed by atoms with Crippen LogP contribution in [-0.2, 0) is 0 Å². The molecule has 0 radical (unpaired) electrons. The zero-order valence-electron chi connectivity index (χ0n) is 7.17. The maximum Gasteiger partial charge on any atom is 0.113 e. The third-order valence-electron chi connectivity index (χ3n) is 1.73. The minimum Gasteiger partial charge on any atom is -0.383 e. The molecule has 1 rings (SSSR count). The maximum absolute atomic E-state index is 9.62. The molecule has 0 aromatic heterocycles. The van der Waals surface area contributed by atoms with Gasteiger partial charge in [0.15, 0.2) is 0 Å². The van der Waals surface area contributed by atoms with E-state index in [1.807, 2.05) is 0 Å². The average Bonchev–Trinajstić information content (AvgIpc) is 2.20. The monoisotopic (exact) mass is 271 g/mol. The maximum atomic E-state index is 9.62. The Morgan fingerprint density at radius 3 is 2.79 bits per heavy atom. The molecule has 0 aliphatic heterocycles. The van der Waals surface area contributed by atoms with Gasteiger partial charge in [0.1, 0.15) is 6.10 Å². The van der Waals surface area contributed by atoms with Crippen molar-refractivity contribution in [2.45, 2.75) is 6.10 Å². The number of benzene rings is 1. The lowest BCUT2D eigenvalue weighted by molar-refractivity contribution is 0.221. The standard InChI is InChI=1S/C10H7BrClNO/c1-6(5-13)10(14)7-2-3-9(12)8(11)4-7/h2-4,10,14H,1H2. The molecule has 0 aliphatic rings. The summed E-state index contributed by atoms with van der Waals surface area (Å²) in [5.74, 6) is 0. The number of hydrogen-bond donors (Lipinski definition) is 1. The van der Waals surface area contributed by atoms with Gasteiger partial charge in [-0.25, -0.2) is 0 Å². The van der Waals surface area contributed by atoms with E-state index in [2.05, 4.69) is 22.5 Å². The van der Waals surface area contributed by atoms with Crippen molar-refractivity contribution in [3.63, 3.8) is 0 Å². The van der Waals surface area contributed by atoms with E-state index in [4.69, 9.17) is 16.9 Å². The van der Waals surface area contributed by atoms with E-state index in [0.717, 1.165) is 0 Å². The van der Waals surface area contributed by atoms with Gasteiger partial charge in [0.05, 0.1) is 16.7 Å². The van der Waals surface area contributed by atoms with Crippen molar-refractivity contribution < 1.29 is 5.11 Å². The van der Waals surface area contributed by atoms with Crippen molar-refractivity contribution >= 4 is 27.5 Å². The second-order valence-electron chi connectivity index (χ2n) is 2.71. The van der Waals surface area contributed by atoms with Crippen LogP contribution < -0.4 is 0 Å². The van der Waals surface area contributed by atoms with Gasteiger partial charge >= 0.3 is 0 Å². The molecular formula is C10H7BrClNO. The summed E-state index contributed by atoms with van der Waals surface area (Å²) in [5, 5.41) is 18.7. The first kappa shape index (κ1) is 11.3. The van der Waals surface area contributed by atoms with Crippen LogP contribution in [0.3, 0.4) is 0 Å². The molecule has 0 aliphatic carbocycles. The smallest absolute Gasteiger partial charge is 0.113 e. The van der Waals surface area contributed by atoms with Crippen LogP contribution in [-0.4, -0.2) is 5.11 Å². The lowest BCUT2D eigenvalue weighted by atomic mass is 10.0. The second kappa shape index (κ2) is 4.61. The van der Waals surface area contributed by atoms with Crippen LogP contribution in [0, 0.1) is 11.3 Å². The van der Waals surface area contributed by atoms with Gasteiger partial charge < -0.3 is 5.11 Å². The molecule has 2 nitrogen and oxygen atoms in total. The Morgan fingerprint density at radius 2 is 2.29 bits per heavy atom. The van der Waals surface area contributed by atoms with Crippen molar-refractivity contribution in [2.24, 2.45) is 0 Å². The molecular weight excluding hydrogens is 265 g/mol. The fraction of sp³-hybridized carbons (Fsp3) is 0.100. The molecule has 1 unspecified atom stereocenters. The minimum absolute atomic E-state index is 0.110. The topological polar surface area (TPSA) is 44.0 Å². The third kappa shape index (κ3) is 2.36. The quantitative estimate of drug-likeness (QED) is 0.840. The normalized spacial score (nSPS) is 11.9. The van der Waals surface area contributed by atoms with Gasteiger partial charge in [0, 0.05) is 4.47 Å². The van der Waals surface area contributed by atoms with E-state index in [1.165, 1.54) is 0 Å². The van der Waals surface area contributed by atoms with Crippen molar-refractivity contribution in [1.82, 2.24) is 0 Å². The first-order valence-corrected chi connectivity index (χ1v) is 4.95. The Kier molecular flexibility index (Phi) is 3.70. The lowest BCUT2D eigenvalue weighted by Crippen LogP contribution is -1.98. The summed E-state index contributed by atoms with van der Waals surface area (Å²) in [6.07, 6.45) is -0.964. The molecule has 0 bridgehead atoms. The summed E-state index contributed by atoms with van der Waals surface area (Å²) >= 11 is 9.01. The average molecular weight is 273 g/mol. The molecule has 72 valence electrons. The summed E-state index contributed by atoms with van der Waals surface area (Å²) in [6, 6.07) is 6.77. The summed E-state index contributed by atoms with van der Waals surface area (Å²) in [5.41, 5.74) is 0.701. The fourth-order valence-corrected chi connectivity index (χ4v) is 1.46. The summed E-state index contributed by atoms with van der Waals surface area (Å²) in [7, 11) is 0. The molecule has 0 saturated heterocycles. The summed E-state index contributed by atoms with van der Waals surface area (Å²) in [6.45, 7) is 3.44. The Balaban J connectivity index is 3.04. The Bertz CT molecular complexity index is 411. The highest BCUT2D eigenvalue weighted by Gasteiger charge is 2.12. The van der Waals surface area contributed by atoms with E-state index >= 15 is 0 Å². The third-order valence-corrected chi connectivity index (χ3v) is 2.95. The van der Waals surface area contributed by atoms with E-state index in [9.17, 15) is 5.11 Å². The van der Waals surface area contributed by atoms with Crippen LogP contribution >= 0.6 is 27.5 Å². The van der Waals surface area contributed by atoms with Crippen molar-refractivity contribution in [2.75, 3.05) is 0 Å². The molecule has 0 fully saturated rings. The largest absolute Gasteiger partial charge is 0.383 e. The number of halogens is 2. The van der Waals surface area contributed by atoms with Gasteiger partial charge in [-0.15, -0.1) is 0 Å². The SMILES string of the molecule is C=C(C#N)C(O)c1ccc(Cl)c(Br)c1. The molecule has 14 heavy (non-hydrogen) atoms. The van der Waals surface area contributed by atoms with Crippen molar-refractivity contribution in [3.8, 4) is 6.07 Å². The molecule has 1 atom stereocenters. The zero-order valence-corrected chi connectivity index (χ0v) is 9.51. The van der Waals surface area contributed by atoms with Gasteiger partial charge in [-0.2, -0.15) is 5.26 Å². The molecule has 0 heterocycles. The summed E-state index contributed by atoms with van der Waals surface area (Å²) < 4.78 is 0.682. The van der Waals surface area contributed by atoms with E-state index in [0.29, 0.717) is 15.1 Å². The molecule has 0 spiro atoms. The summed E-state index contributed by atoms with van der Waals surface area (Å²) in [4.78, 5) is 0. The van der Waals surface area contributed by atoms with Crippen LogP contribution in [0.4, 0.5) is 0 Å². The number of aliphatic hydroxyl groups is 1. The van der Waals surface area contributed by atoms with Gasteiger partial charge in [0.2, 0.25) is 0 Å². The highest BCUT2D eigenvalue weighted by Crippen LogP contribution is 2.28. The first-order chi connectivity index (χ1) is 6.56. The number of nitriles is 1. The van der Waals surface area contributed by atoms with Crippen LogP contribution in [0.1, 0.15) is 11.7 Å². The molecule has 4 heteroatoms. The zero-order chi connectivity index (χ0) is 10.7. The predicted octanol–water partition coefficient (Wildman–Crippen LogP) is 3.22. The second-order valence-corrected chi connectivity index (χ2v) is 3.97. The van der Waals surface area contributed by atoms with Crippen LogP contribution in [0.5, 0.6) is 0 Å². The Morgan fingerprint density at radius 1 is 1.64 bits per heavy atom. The van der Waals surface area contributed by atoms with Crippen LogP contribution in [0.2, 0.25) is 5.02 Å². The molecule has 0 saturated carbocycles. The highest BCUT2D eigenvalue weighted by molar-refractivity contribution is 9.10. The van der Waals surface area contributed by atoms with Crippen molar-refractivity contribution in [3.05, 3.63) is 45.4 Å². The molecule has 0 amide bonds. The van der Waals surface area contributed by atoms with E-state index in [-0.39, 0.29) is 5.57 Å². The van der Waals surface area contributed by atoms with Gasteiger partial charge in [-0.05, 0) is 33.6 Å². The van der Waals surface area contributed by atoms with Crippen LogP contribution in [0.15, 0.2) is 34.8 Å². The number of nitrogens with zero attached hydrogens (tertiary/aromatic N) is 1. The minimum atomic E-state index is -0.964. The number of hydrogen-bond acceptors (Lipinski definition) is 2. The van der Waals surface area contributed by atoms with Crippen molar-refractivity contribution in [1.29, 1.82) is 5.26 Å². The first-order valence-electron chi connectivity index (χ1n) is 3.78. The molecule has 1 aromatic carbocycles. The molecule has 1 aromatic rings. The Hall–Kier alpha value is -0.820. The van der Waals surface area contributed by atoms with Gasteiger partial charge in [0.25, 0.3) is 0 Å². The van der Waals surface area contributed by atoms with E-state index < -0.39 is 6.10 Å². The number of rotatable bonds is 2. The van der Waals surface area contributed by atoms with Crippen LogP contribution in [0.25, 0.3) is 0 Å². The fourth-order valence-electron chi connectivity index (χ4n) is 0.945. The lowest BCUT2D eigenvalue weighted by Gasteiger charge is -2.09. The predicted molar refractivity (Wildman–Crippen MR) is 58.9 cm³/mol. The van der Waals surface area contributed by atoms with E-state index in [1.54, 1.807) is 24.3 Å². The van der Waals surface area contributed by atoms with Gasteiger partial charge in [-0.3, -0.25) is 0 Å². The number of aliphatic hydroxyl groups excluding tert-OH is 1. The molecule has 1 N–H and O–H groups in total.